The predicted octanol–water partition coefficient (Wildman–Crippen LogP) is 5.73. The molecule has 1 unspecified atom stereocenters. The fourth-order valence-electron chi connectivity index (χ4n) is 3.97. The molecular weight excluding hydrogens is 442 g/mol. The SMILES string of the molecule is COc1cc2c(cc1/C=C(\C#N)C(=O)Nc1cccc(Br)c1)C(C)CC(C)(C)N2C. The highest BCUT2D eigenvalue weighted by atomic mass is 79.9. The van der Waals surface area contributed by atoms with Crippen molar-refractivity contribution in [1.29, 1.82) is 5.26 Å². The molecule has 0 aliphatic carbocycles. The lowest BCUT2D eigenvalue weighted by molar-refractivity contribution is -0.112. The van der Waals surface area contributed by atoms with Gasteiger partial charge in [0, 0.05) is 40.1 Å². The summed E-state index contributed by atoms with van der Waals surface area (Å²) >= 11 is 3.38. The molecule has 6 heteroatoms. The van der Waals surface area contributed by atoms with Gasteiger partial charge in [0.2, 0.25) is 0 Å². The number of anilines is 2. The Bertz CT molecular complexity index is 1050. The number of nitrogens with one attached hydrogen (secondary N) is 1. The Morgan fingerprint density at radius 3 is 2.73 bits per heavy atom. The molecule has 0 bridgehead atoms. The average Bonchev–Trinajstić information content (AvgIpc) is 2.69. The molecule has 30 heavy (non-hydrogen) atoms. The van der Waals surface area contributed by atoms with Crippen molar-refractivity contribution in [2.24, 2.45) is 0 Å². The average molecular weight is 468 g/mol. The molecule has 1 aliphatic rings. The Hall–Kier alpha value is -2.78. The summed E-state index contributed by atoms with van der Waals surface area (Å²) in [6, 6.07) is 13.3. The summed E-state index contributed by atoms with van der Waals surface area (Å²) in [5, 5.41) is 12.4. The zero-order valence-corrected chi connectivity index (χ0v) is 19.5. The number of carbonyl (C=O) groups is 1. The smallest absolute Gasteiger partial charge is 0.266 e. The maximum absolute atomic E-state index is 12.7. The van der Waals surface area contributed by atoms with Gasteiger partial charge in [0.05, 0.1) is 7.11 Å². The Morgan fingerprint density at radius 2 is 2.10 bits per heavy atom. The molecule has 0 aromatic heterocycles. The first-order valence-corrected chi connectivity index (χ1v) is 10.6. The molecule has 2 aromatic carbocycles. The summed E-state index contributed by atoms with van der Waals surface area (Å²) in [7, 11) is 3.69. The second kappa shape index (κ2) is 8.53. The van der Waals surface area contributed by atoms with E-state index in [1.165, 1.54) is 5.56 Å². The number of amides is 1. The van der Waals surface area contributed by atoms with Crippen LogP contribution in [0.15, 0.2) is 46.4 Å². The molecule has 5 nitrogen and oxygen atoms in total. The van der Waals surface area contributed by atoms with Crippen molar-refractivity contribution in [2.75, 3.05) is 24.4 Å². The van der Waals surface area contributed by atoms with Crippen LogP contribution in [0.5, 0.6) is 5.75 Å². The zero-order chi connectivity index (χ0) is 22.1. The summed E-state index contributed by atoms with van der Waals surface area (Å²) in [5.41, 5.74) is 3.70. The standard InChI is InChI=1S/C24H26BrN3O2/c1-15-13-24(2,3)28(4)21-12-22(30-5)16(10-20(15)21)9-17(14-26)23(29)27-19-8-6-7-18(25)11-19/h6-12,15H,13H2,1-5H3,(H,27,29)/b17-9+. The monoisotopic (exact) mass is 467 g/mol. The third-order valence-electron chi connectivity index (χ3n) is 5.73. The molecule has 1 heterocycles. The molecule has 1 amide bonds. The van der Waals surface area contributed by atoms with Gasteiger partial charge in [-0.2, -0.15) is 5.26 Å². The number of nitrogens with zero attached hydrogens (tertiary/aromatic N) is 2. The number of fused-ring (bicyclic) bond motifs is 1. The van der Waals surface area contributed by atoms with E-state index in [1.807, 2.05) is 30.3 Å². The first-order valence-electron chi connectivity index (χ1n) is 9.80. The van der Waals surface area contributed by atoms with Gasteiger partial charge in [-0.3, -0.25) is 4.79 Å². The number of rotatable bonds is 4. The van der Waals surface area contributed by atoms with Crippen LogP contribution in [0, 0.1) is 11.3 Å². The number of benzene rings is 2. The summed E-state index contributed by atoms with van der Waals surface area (Å²) in [6.45, 7) is 6.66. The van der Waals surface area contributed by atoms with Gasteiger partial charge in [-0.15, -0.1) is 0 Å². The fourth-order valence-corrected chi connectivity index (χ4v) is 4.37. The number of nitriles is 1. The highest BCUT2D eigenvalue weighted by Crippen LogP contribution is 2.45. The Labute approximate surface area is 186 Å². The summed E-state index contributed by atoms with van der Waals surface area (Å²) in [4.78, 5) is 15.0. The quantitative estimate of drug-likeness (QED) is 0.460. The van der Waals surface area contributed by atoms with Crippen LogP contribution in [0.2, 0.25) is 0 Å². The summed E-state index contributed by atoms with van der Waals surface area (Å²) in [5.74, 6) is 0.528. The van der Waals surface area contributed by atoms with Crippen LogP contribution in [-0.4, -0.2) is 25.6 Å². The van der Waals surface area contributed by atoms with E-state index in [2.05, 4.69) is 54.0 Å². The van der Waals surface area contributed by atoms with Crippen molar-refractivity contribution in [3.8, 4) is 11.8 Å². The van der Waals surface area contributed by atoms with Gasteiger partial charge in [-0.1, -0.05) is 28.9 Å². The molecule has 1 aliphatic heterocycles. The number of hydrogen-bond acceptors (Lipinski definition) is 4. The molecule has 2 aromatic rings. The number of carbonyl (C=O) groups excluding carboxylic acids is 1. The van der Waals surface area contributed by atoms with E-state index in [4.69, 9.17) is 4.74 Å². The predicted molar refractivity (Wildman–Crippen MR) is 125 cm³/mol. The third kappa shape index (κ3) is 4.36. The first-order chi connectivity index (χ1) is 14.2. The minimum atomic E-state index is -0.457. The van der Waals surface area contributed by atoms with Crippen LogP contribution < -0.4 is 15.0 Å². The van der Waals surface area contributed by atoms with Crippen LogP contribution in [0.3, 0.4) is 0 Å². The van der Waals surface area contributed by atoms with Gasteiger partial charge >= 0.3 is 0 Å². The number of halogens is 1. The van der Waals surface area contributed by atoms with Gasteiger partial charge in [-0.25, -0.2) is 0 Å². The topological polar surface area (TPSA) is 65.4 Å². The molecule has 0 radical (unpaired) electrons. The highest BCUT2D eigenvalue weighted by Gasteiger charge is 2.34. The van der Waals surface area contributed by atoms with Crippen LogP contribution in [0.4, 0.5) is 11.4 Å². The lowest BCUT2D eigenvalue weighted by atomic mass is 9.80. The second-order valence-corrected chi connectivity index (χ2v) is 9.18. The molecule has 1 atom stereocenters. The van der Waals surface area contributed by atoms with Gasteiger partial charge < -0.3 is 15.0 Å². The number of ether oxygens (including phenoxy) is 1. The maximum Gasteiger partial charge on any atom is 0.266 e. The molecule has 0 spiro atoms. The lowest BCUT2D eigenvalue weighted by Crippen LogP contribution is -2.45. The van der Waals surface area contributed by atoms with Crippen molar-refractivity contribution in [2.45, 2.75) is 38.6 Å². The van der Waals surface area contributed by atoms with Crippen molar-refractivity contribution in [3.63, 3.8) is 0 Å². The third-order valence-corrected chi connectivity index (χ3v) is 6.23. The Morgan fingerprint density at radius 1 is 1.37 bits per heavy atom. The van der Waals surface area contributed by atoms with E-state index < -0.39 is 5.91 Å². The Balaban J connectivity index is 2.00. The molecule has 0 saturated carbocycles. The number of methoxy groups -OCH3 is 1. The molecule has 156 valence electrons. The molecule has 0 saturated heterocycles. The minimum absolute atomic E-state index is 0.0189. The molecule has 1 N–H and O–H groups in total. The van der Waals surface area contributed by atoms with E-state index in [9.17, 15) is 10.1 Å². The normalized spacial score (nSPS) is 17.7. The first kappa shape index (κ1) is 21.9. The number of hydrogen-bond donors (Lipinski definition) is 1. The van der Waals surface area contributed by atoms with E-state index in [0.29, 0.717) is 17.4 Å². The molecule has 0 fully saturated rings. The van der Waals surface area contributed by atoms with Crippen LogP contribution in [0.25, 0.3) is 6.08 Å². The van der Waals surface area contributed by atoms with Crippen LogP contribution >= 0.6 is 15.9 Å². The van der Waals surface area contributed by atoms with E-state index in [1.54, 1.807) is 25.3 Å². The molecule has 3 rings (SSSR count). The highest BCUT2D eigenvalue weighted by molar-refractivity contribution is 9.10. The van der Waals surface area contributed by atoms with Crippen molar-refractivity contribution in [1.82, 2.24) is 0 Å². The molecular formula is C24H26BrN3O2. The zero-order valence-electron chi connectivity index (χ0n) is 17.9. The summed E-state index contributed by atoms with van der Waals surface area (Å²) in [6.07, 6.45) is 2.61. The van der Waals surface area contributed by atoms with Crippen LogP contribution in [-0.2, 0) is 4.79 Å². The van der Waals surface area contributed by atoms with Gasteiger partial charge in [0.15, 0.2) is 0 Å². The minimum Gasteiger partial charge on any atom is -0.496 e. The Kier molecular flexibility index (Phi) is 6.23. The lowest BCUT2D eigenvalue weighted by Gasteiger charge is -2.45. The van der Waals surface area contributed by atoms with E-state index in [-0.39, 0.29) is 11.1 Å². The van der Waals surface area contributed by atoms with Crippen molar-refractivity contribution >= 4 is 39.3 Å². The fraction of sp³-hybridized carbons (Fsp3) is 0.333. The van der Waals surface area contributed by atoms with Gasteiger partial charge in [-0.05, 0) is 62.1 Å². The van der Waals surface area contributed by atoms with Crippen LogP contribution in [0.1, 0.15) is 44.2 Å². The van der Waals surface area contributed by atoms with E-state index >= 15 is 0 Å². The van der Waals surface area contributed by atoms with Gasteiger partial charge in [0.25, 0.3) is 5.91 Å². The van der Waals surface area contributed by atoms with Crippen molar-refractivity contribution < 1.29 is 9.53 Å². The largest absolute Gasteiger partial charge is 0.496 e. The van der Waals surface area contributed by atoms with Crippen molar-refractivity contribution in [3.05, 3.63) is 57.6 Å². The summed E-state index contributed by atoms with van der Waals surface area (Å²) < 4.78 is 6.45. The van der Waals surface area contributed by atoms with E-state index in [0.717, 1.165) is 22.1 Å². The van der Waals surface area contributed by atoms with Gasteiger partial charge in [0.1, 0.15) is 17.4 Å². The maximum atomic E-state index is 12.7. The second-order valence-electron chi connectivity index (χ2n) is 8.26.